The molecule has 1 aromatic heterocycles. The largest absolute Gasteiger partial charge is 0.464 e. The molecule has 0 atom stereocenters. The quantitative estimate of drug-likeness (QED) is 0.840. The van der Waals surface area contributed by atoms with Crippen molar-refractivity contribution in [2.75, 3.05) is 18.2 Å². The Kier molecular flexibility index (Phi) is 3.00. The van der Waals surface area contributed by atoms with Gasteiger partial charge in [-0.3, -0.25) is 0 Å². The highest BCUT2D eigenvalue weighted by molar-refractivity contribution is 7.91. The second-order valence-electron chi connectivity index (χ2n) is 3.78. The molecule has 1 heterocycles. The number of carbonyl (C=O) groups is 1. The number of rotatable bonds is 3. The summed E-state index contributed by atoms with van der Waals surface area (Å²) in [5, 5.41) is 0.744. The van der Waals surface area contributed by atoms with E-state index in [9.17, 15) is 13.2 Å². The van der Waals surface area contributed by atoms with E-state index in [2.05, 4.69) is 9.57 Å². The first-order valence-electron chi connectivity index (χ1n) is 5.09. The summed E-state index contributed by atoms with van der Waals surface area (Å²) in [6.45, 7) is 0. The SMILES string of the molecule is COC(=O)c1cc2ccccc2n1NS(C)(=O)=O. The van der Waals surface area contributed by atoms with Crippen molar-refractivity contribution in [2.45, 2.75) is 0 Å². The van der Waals surface area contributed by atoms with Crippen LogP contribution in [0.2, 0.25) is 0 Å². The van der Waals surface area contributed by atoms with Gasteiger partial charge in [0.2, 0.25) is 10.0 Å². The van der Waals surface area contributed by atoms with Gasteiger partial charge in [-0.25, -0.2) is 22.7 Å². The molecule has 1 N–H and O–H groups in total. The molecule has 0 saturated heterocycles. The lowest BCUT2D eigenvalue weighted by Crippen LogP contribution is -2.25. The number of esters is 1. The number of methoxy groups -OCH3 is 1. The smallest absolute Gasteiger partial charge is 0.356 e. The third-order valence-electron chi connectivity index (χ3n) is 2.36. The van der Waals surface area contributed by atoms with Crippen LogP contribution in [0.3, 0.4) is 0 Å². The molecular weight excluding hydrogens is 256 g/mol. The highest BCUT2D eigenvalue weighted by Gasteiger charge is 2.17. The van der Waals surface area contributed by atoms with Gasteiger partial charge in [-0.1, -0.05) is 18.2 Å². The second-order valence-corrected chi connectivity index (χ2v) is 5.51. The minimum Gasteiger partial charge on any atom is -0.464 e. The van der Waals surface area contributed by atoms with Gasteiger partial charge in [0.15, 0.2) is 0 Å². The lowest BCUT2D eigenvalue weighted by atomic mass is 10.2. The van der Waals surface area contributed by atoms with E-state index in [4.69, 9.17) is 0 Å². The Balaban J connectivity index is 2.69. The van der Waals surface area contributed by atoms with Crippen LogP contribution in [0.5, 0.6) is 0 Å². The first kappa shape index (κ1) is 12.4. The number of nitrogens with zero attached hydrogens (tertiary/aromatic N) is 1. The first-order valence-corrected chi connectivity index (χ1v) is 6.98. The van der Waals surface area contributed by atoms with Crippen LogP contribution in [-0.2, 0) is 14.8 Å². The topological polar surface area (TPSA) is 77.4 Å². The van der Waals surface area contributed by atoms with E-state index in [1.165, 1.54) is 11.8 Å². The van der Waals surface area contributed by atoms with E-state index in [0.29, 0.717) is 5.52 Å². The van der Waals surface area contributed by atoms with Crippen molar-refractivity contribution in [1.29, 1.82) is 0 Å². The molecule has 0 unspecified atom stereocenters. The number of aromatic nitrogens is 1. The molecule has 18 heavy (non-hydrogen) atoms. The lowest BCUT2D eigenvalue weighted by molar-refractivity contribution is 0.0591. The fourth-order valence-electron chi connectivity index (χ4n) is 1.67. The van der Waals surface area contributed by atoms with Crippen molar-refractivity contribution in [1.82, 2.24) is 4.68 Å². The van der Waals surface area contributed by atoms with E-state index in [0.717, 1.165) is 11.6 Å². The summed E-state index contributed by atoms with van der Waals surface area (Å²) >= 11 is 0. The van der Waals surface area contributed by atoms with Gasteiger partial charge in [-0.15, -0.1) is 0 Å². The third-order valence-corrected chi connectivity index (χ3v) is 2.88. The number of carbonyl (C=O) groups excluding carboxylic acids is 1. The third kappa shape index (κ3) is 2.30. The van der Waals surface area contributed by atoms with Crippen molar-refractivity contribution in [2.24, 2.45) is 0 Å². The standard InChI is InChI=1S/C11H12N2O4S/c1-17-11(14)10-7-8-5-3-4-6-9(8)13(10)12-18(2,15)16/h3-7,12H,1-2H3. The molecule has 6 nitrogen and oxygen atoms in total. The summed E-state index contributed by atoms with van der Waals surface area (Å²) < 4.78 is 28.5. The number of para-hydroxylation sites is 1. The number of ether oxygens (including phenoxy) is 1. The van der Waals surface area contributed by atoms with Crippen LogP contribution < -0.4 is 4.83 Å². The molecule has 0 spiro atoms. The Morgan fingerprint density at radius 1 is 1.33 bits per heavy atom. The van der Waals surface area contributed by atoms with E-state index in [-0.39, 0.29) is 5.69 Å². The van der Waals surface area contributed by atoms with Crippen LogP contribution in [0.4, 0.5) is 0 Å². The number of nitrogens with one attached hydrogen (secondary N) is 1. The predicted molar refractivity (Wildman–Crippen MR) is 67.5 cm³/mol. The average Bonchev–Trinajstić information content (AvgIpc) is 2.65. The predicted octanol–water partition coefficient (Wildman–Crippen LogP) is 0.931. The van der Waals surface area contributed by atoms with Gasteiger partial charge < -0.3 is 4.74 Å². The Hall–Kier alpha value is -2.02. The van der Waals surface area contributed by atoms with Gasteiger partial charge >= 0.3 is 5.97 Å². The number of sulfonamides is 1. The van der Waals surface area contributed by atoms with Crippen LogP contribution in [0.1, 0.15) is 10.5 Å². The maximum Gasteiger partial charge on any atom is 0.356 e. The van der Waals surface area contributed by atoms with Gasteiger partial charge in [0, 0.05) is 5.39 Å². The monoisotopic (exact) mass is 268 g/mol. The summed E-state index contributed by atoms with van der Waals surface area (Å²) in [5.41, 5.74) is 0.715. The molecule has 0 aliphatic carbocycles. The van der Waals surface area contributed by atoms with E-state index >= 15 is 0 Å². The van der Waals surface area contributed by atoms with Crippen molar-refractivity contribution < 1.29 is 17.9 Å². The fraction of sp³-hybridized carbons (Fsp3) is 0.182. The maximum absolute atomic E-state index is 11.6. The number of fused-ring (bicyclic) bond motifs is 1. The summed E-state index contributed by atoms with van der Waals surface area (Å²) in [6.07, 6.45) is 1.02. The average molecular weight is 268 g/mol. The van der Waals surface area contributed by atoms with Crippen LogP contribution in [-0.4, -0.2) is 32.4 Å². The van der Waals surface area contributed by atoms with Gasteiger partial charge in [0.1, 0.15) is 5.69 Å². The van der Waals surface area contributed by atoms with Crippen LogP contribution in [0, 0.1) is 0 Å². The van der Waals surface area contributed by atoms with Gasteiger partial charge in [-0.2, -0.15) is 0 Å². The van der Waals surface area contributed by atoms with E-state index < -0.39 is 16.0 Å². The minimum atomic E-state index is -3.50. The minimum absolute atomic E-state index is 0.129. The number of hydrogen-bond acceptors (Lipinski definition) is 4. The zero-order chi connectivity index (χ0) is 13.3. The summed E-state index contributed by atoms with van der Waals surface area (Å²) in [4.78, 5) is 13.9. The molecule has 2 rings (SSSR count). The lowest BCUT2D eigenvalue weighted by Gasteiger charge is -2.10. The van der Waals surface area contributed by atoms with Crippen LogP contribution in [0.25, 0.3) is 10.9 Å². The molecule has 0 bridgehead atoms. The van der Waals surface area contributed by atoms with Crippen LogP contribution >= 0.6 is 0 Å². The molecule has 1 aromatic carbocycles. The zero-order valence-electron chi connectivity index (χ0n) is 9.88. The van der Waals surface area contributed by atoms with Crippen molar-refractivity contribution >= 4 is 26.9 Å². The highest BCUT2D eigenvalue weighted by Crippen LogP contribution is 2.19. The Morgan fingerprint density at radius 3 is 2.61 bits per heavy atom. The number of benzene rings is 1. The summed E-state index contributed by atoms with van der Waals surface area (Å²) in [7, 11) is -2.26. The van der Waals surface area contributed by atoms with Crippen molar-refractivity contribution in [3.63, 3.8) is 0 Å². The van der Waals surface area contributed by atoms with Gasteiger partial charge in [0.05, 0.1) is 18.9 Å². The first-order chi connectivity index (χ1) is 8.42. The van der Waals surface area contributed by atoms with Crippen molar-refractivity contribution in [3.05, 3.63) is 36.0 Å². The molecule has 2 aromatic rings. The molecule has 0 radical (unpaired) electrons. The summed E-state index contributed by atoms with van der Waals surface area (Å²) in [5.74, 6) is -0.609. The Morgan fingerprint density at radius 2 is 2.00 bits per heavy atom. The molecule has 0 fully saturated rings. The Bertz CT molecular complexity index is 703. The van der Waals surface area contributed by atoms with Crippen LogP contribution in [0.15, 0.2) is 30.3 Å². The van der Waals surface area contributed by atoms with E-state index in [1.54, 1.807) is 30.3 Å². The number of hydrogen-bond donors (Lipinski definition) is 1. The van der Waals surface area contributed by atoms with Gasteiger partial charge in [-0.05, 0) is 12.1 Å². The molecule has 0 amide bonds. The molecule has 0 saturated carbocycles. The molecule has 7 heteroatoms. The summed E-state index contributed by atoms with van der Waals surface area (Å²) in [6, 6.07) is 8.61. The van der Waals surface area contributed by atoms with Gasteiger partial charge in [0.25, 0.3) is 0 Å². The second kappa shape index (κ2) is 4.34. The zero-order valence-corrected chi connectivity index (χ0v) is 10.7. The Labute approximate surface area is 104 Å². The normalized spacial score (nSPS) is 11.4. The molecule has 0 aliphatic rings. The van der Waals surface area contributed by atoms with Crippen molar-refractivity contribution in [3.8, 4) is 0 Å². The molecular formula is C11H12N2O4S. The molecule has 96 valence electrons. The van der Waals surface area contributed by atoms with E-state index in [1.807, 2.05) is 0 Å². The fourth-order valence-corrected chi connectivity index (χ4v) is 2.20. The maximum atomic E-state index is 11.6. The highest BCUT2D eigenvalue weighted by atomic mass is 32.2. The molecule has 0 aliphatic heterocycles.